The summed E-state index contributed by atoms with van der Waals surface area (Å²) in [5, 5.41) is 12.8. The number of piperidine rings is 1. The zero-order valence-corrected chi connectivity index (χ0v) is 11.0. The van der Waals surface area contributed by atoms with E-state index < -0.39 is 6.10 Å². The maximum absolute atomic E-state index is 12.1. The first-order chi connectivity index (χ1) is 8.04. The lowest BCUT2D eigenvalue weighted by Crippen LogP contribution is -2.50. The molecule has 5 heteroatoms. The Balaban J connectivity index is 2.39. The number of likely N-dealkylation sites (N-methyl/N-ethyl adjacent to an activating group) is 1. The fraction of sp³-hybridized carbons (Fsp3) is 0.917. The fourth-order valence-electron chi connectivity index (χ4n) is 2.21. The van der Waals surface area contributed by atoms with Crippen molar-refractivity contribution in [2.24, 2.45) is 5.92 Å². The second kappa shape index (κ2) is 6.93. The van der Waals surface area contributed by atoms with Crippen molar-refractivity contribution in [2.75, 3.05) is 33.9 Å². The molecule has 1 aliphatic heterocycles. The highest BCUT2D eigenvalue weighted by atomic mass is 16.5. The minimum absolute atomic E-state index is 0.0618. The van der Waals surface area contributed by atoms with E-state index in [2.05, 4.69) is 12.2 Å². The molecule has 0 aromatic heterocycles. The highest BCUT2D eigenvalue weighted by Crippen LogP contribution is 2.16. The highest BCUT2D eigenvalue weighted by Gasteiger charge is 2.27. The SMILES string of the molecule is COCC(O)CN(C)C(=O)C1CC(C)CCN1. The van der Waals surface area contributed by atoms with Gasteiger partial charge in [-0.3, -0.25) is 4.79 Å². The molecule has 0 aliphatic carbocycles. The summed E-state index contributed by atoms with van der Waals surface area (Å²) in [5.74, 6) is 0.647. The second-order valence-electron chi connectivity index (χ2n) is 4.96. The third kappa shape index (κ3) is 4.61. The van der Waals surface area contributed by atoms with E-state index in [4.69, 9.17) is 4.74 Å². The molecule has 100 valence electrons. The Morgan fingerprint density at radius 1 is 1.65 bits per heavy atom. The normalized spacial score (nSPS) is 26.6. The van der Waals surface area contributed by atoms with E-state index >= 15 is 0 Å². The number of methoxy groups -OCH3 is 1. The van der Waals surface area contributed by atoms with Crippen LogP contribution in [0.1, 0.15) is 19.8 Å². The zero-order valence-electron chi connectivity index (χ0n) is 11.0. The van der Waals surface area contributed by atoms with Gasteiger partial charge in [-0.05, 0) is 25.3 Å². The lowest BCUT2D eigenvalue weighted by atomic mass is 9.93. The lowest BCUT2D eigenvalue weighted by molar-refractivity contribution is -0.134. The van der Waals surface area contributed by atoms with E-state index in [9.17, 15) is 9.90 Å². The third-order valence-electron chi connectivity index (χ3n) is 3.18. The van der Waals surface area contributed by atoms with Gasteiger partial charge < -0.3 is 20.1 Å². The van der Waals surface area contributed by atoms with Crippen LogP contribution in [-0.4, -0.2) is 61.9 Å². The van der Waals surface area contributed by atoms with E-state index in [1.807, 2.05) is 0 Å². The predicted molar refractivity (Wildman–Crippen MR) is 65.7 cm³/mol. The Bertz CT molecular complexity index is 248. The molecule has 1 aliphatic rings. The maximum Gasteiger partial charge on any atom is 0.239 e. The molecule has 3 atom stereocenters. The second-order valence-corrected chi connectivity index (χ2v) is 4.96. The van der Waals surface area contributed by atoms with Gasteiger partial charge in [0.25, 0.3) is 0 Å². The molecule has 0 aromatic rings. The first kappa shape index (κ1) is 14.4. The molecule has 2 N–H and O–H groups in total. The van der Waals surface area contributed by atoms with Crippen LogP contribution in [0.5, 0.6) is 0 Å². The van der Waals surface area contributed by atoms with Crippen molar-refractivity contribution in [3.05, 3.63) is 0 Å². The number of nitrogens with one attached hydrogen (secondary N) is 1. The summed E-state index contributed by atoms with van der Waals surface area (Å²) in [7, 11) is 3.26. The van der Waals surface area contributed by atoms with Gasteiger partial charge in [-0.25, -0.2) is 0 Å². The van der Waals surface area contributed by atoms with Crippen LogP contribution in [0.2, 0.25) is 0 Å². The van der Waals surface area contributed by atoms with Gasteiger partial charge in [-0.1, -0.05) is 6.92 Å². The number of hydrogen-bond donors (Lipinski definition) is 2. The molecule has 1 amide bonds. The quantitative estimate of drug-likeness (QED) is 0.705. The number of amides is 1. The average Bonchev–Trinajstić information content (AvgIpc) is 2.28. The maximum atomic E-state index is 12.1. The summed E-state index contributed by atoms with van der Waals surface area (Å²) in [6.07, 6.45) is 1.39. The number of ether oxygens (including phenoxy) is 1. The van der Waals surface area contributed by atoms with Crippen LogP contribution < -0.4 is 5.32 Å². The predicted octanol–water partition coefficient (Wildman–Crippen LogP) is -0.160. The molecule has 0 aromatic carbocycles. The monoisotopic (exact) mass is 244 g/mol. The van der Waals surface area contributed by atoms with Gasteiger partial charge >= 0.3 is 0 Å². The Kier molecular flexibility index (Phi) is 5.88. The van der Waals surface area contributed by atoms with E-state index in [1.54, 1.807) is 11.9 Å². The van der Waals surface area contributed by atoms with Crippen LogP contribution in [0.4, 0.5) is 0 Å². The van der Waals surface area contributed by atoms with Gasteiger partial charge in [-0.15, -0.1) is 0 Å². The number of rotatable bonds is 5. The van der Waals surface area contributed by atoms with E-state index in [-0.39, 0.29) is 18.6 Å². The molecule has 0 saturated carbocycles. The molecular weight excluding hydrogens is 220 g/mol. The number of hydrogen-bond acceptors (Lipinski definition) is 4. The van der Waals surface area contributed by atoms with Crippen LogP contribution in [0.25, 0.3) is 0 Å². The van der Waals surface area contributed by atoms with Crippen molar-refractivity contribution in [3.63, 3.8) is 0 Å². The molecule has 5 nitrogen and oxygen atoms in total. The van der Waals surface area contributed by atoms with Gasteiger partial charge in [0.2, 0.25) is 5.91 Å². The summed E-state index contributed by atoms with van der Waals surface area (Å²) >= 11 is 0. The van der Waals surface area contributed by atoms with Crippen LogP contribution in [-0.2, 0) is 9.53 Å². The summed E-state index contributed by atoms with van der Waals surface area (Å²) in [5.41, 5.74) is 0. The Labute approximate surface area is 103 Å². The molecule has 3 unspecified atom stereocenters. The molecule has 0 spiro atoms. The molecule has 0 bridgehead atoms. The first-order valence-electron chi connectivity index (χ1n) is 6.20. The minimum Gasteiger partial charge on any atom is -0.389 e. The Morgan fingerprint density at radius 3 is 2.94 bits per heavy atom. The number of aliphatic hydroxyl groups is 1. The fourth-order valence-corrected chi connectivity index (χ4v) is 2.21. The van der Waals surface area contributed by atoms with Gasteiger partial charge in [0.15, 0.2) is 0 Å². The number of carbonyl (C=O) groups is 1. The van der Waals surface area contributed by atoms with Crippen molar-refractivity contribution in [1.82, 2.24) is 10.2 Å². The highest BCUT2D eigenvalue weighted by molar-refractivity contribution is 5.81. The third-order valence-corrected chi connectivity index (χ3v) is 3.18. The van der Waals surface area contributed by atoms with Crippen molar-refractivity contribution in [3.8, 4) is 0 Å². The van der Waals surface area contributed by atoms with Crippen molar-refractivity contribution < 1.29 is 14.6 Å². The number of nitrogens with zero attached hydrogens (tertiary/aromatic N) is 1. The van der Waals surface area contributed by atoms with Crippen LogP contribution >= 0.6 is 0 Å². The standard InChI is InChI=1S/C12H24N2O3/c1-9-4-5-13-11(6-9)12(16)14(2)7-10(15)8-17-3/h9-11,13,15H,4-8H2,1-3H3. The van der Waals surface area contributed by atoms with Crippen molar-refractivity contribution in [1.29, 1.82) is 0 Å². The van der Waals surface area contributed by atoms with Crippen LogP contribution in [0, 0.1) is 5.92 Å². The summed E-state index contributed by atoms with van der Waals surface area (Å²) in [6, 6.07) is -0.0986. The molecular formula is C12H24N2O3. The number of carbonyl (C=O) groups excluding carboxylic acids is 1. The lowest BCUT2D eigenvalue weighted by Gasteiger charge is -2.31. The summed E-state index contributed by atoms with van der Waals surface area (Å²) < 4.78 is 4.84. The van der Waals surface area contributed by atoms with E-state index in [1.165, 1.54) is 7.11 Å². The van der Waals surface area contributed by atoms with Crippen LogP contribution in [0.3, 0.4) is 0 Å². The van der Waals surface area contributed by atoms with Crippen molar-refractivity contribution >= 4 is 5.91 Å². The molecule has 1 heterocycles. The average molecular weight is 244 g/mol. The smallest absolute Gasteiger partial charge is 0.239 e. The molecule has 1 fully saturated rings. The number of aliphatic hydroxyl groups excluding tert-OH is 1. The summed E-state index contributed by atoms with van der Waals surface area (Å²) in [4.78, 5) is 13.7. The van der Waals surface area contributed by atoms with E-state index in [0.29, 0.717) is 12.5 Å². The molecule has 1 saturated heterocycles. The van der Waals surface area contributed by atoms with Gasteiger partial charge in [0.05, 0.1) is 18.8 Å². The summed E-state index contributed by atoms with van der Waals surface area (Å²) in [6.45, 7) is 3.64. The molecule has 1 rings (SSSR count). The zero-order chi connectivity index (χ0) is 12.8. The van der Waals surface area contributed by atoms with E-state index in [0.717, 1.165) is 19.4 Å². The Hall–Kier alpha value is -0.650. The van der Waals surface area contributed by atoms with Crippen molar-refractivity contribution in [2.45, 2.75) is 31.9 Å². The van der Waals surface area contributed by atoms with Gasteiger partial charge in [0, 0.05) is 20.7 Å². The largest absolute Gasteiger partial charge is 0.389 e. The molecule has 0 radical (unpaired) electrons. The van der Waals surface area contributed by atoms with Gasteiger partial charge in [0.1, 0.15) is 0 Å². The van der Waals surface area contributed by atoms with Crippen LogP contribution in [0.15, 0.2) is 0 Å². The Morgan fingerprint density at radius 2 is 2.35 bits per heavy atom. The minimum atomic E-state index is -0.616. The first-order valence-corrected chi connectivity index (χ1v) is 6.20. The topological polar surface area (TPSA) is 61.8 Å². The molecule has 17 heavy (non-hydrogen) atoms. The van der Waals surface area contributed by atoms with Gasteiger partial charge in [-0.2, -0.15) is 0 Å².